The van der Waals surface area contributed by atoms with Gasteiger partial charge in [-0.05, 0) is 61.4 Å². The number of ether oxygens (including phenoxy) is 2. The molecule has 0 bridgehead atoms. The van der Waals surface area contributed by atoms with Crippen molar-refractivity contribution in [2.45, 2.75) is 50.9 Å². The van der Waals surface area contributed by atoms with Gasteiger partial charge in [-0.3, -0.25) is 38.7 Å². The molecule has 67 heavy (non-hydrogen) atoms. The van der Waals surface area contributed by atoms with E-state index in [4.69, 9.17) is 11.5 Å². The number of nitrogen functional groups attached to an aromatic ring is 2. The Morgan fingerprint density at radius 3 is 1.30 bits per heavy atom. The molecule has 0 fully saturated rings. The molecule has 2 aromatic carbocycles. The second kappa shape index (κ2) is 24.4. The minimum atomic E-state index is -1.50. The molecule has 344 valence electrons. The van der Waals surface area contributed by atoms with E-state index >= 15 is 0 Å². The number of hydrogen-bond donors (Lipinski definition) is 8. The van der Waals surface area contributed by atoms with Crippen LogP contribution in [0, 0.1) is 0 Å². The Kier molecular flexibility index (Phi) is 18.9. The number of carboxylic acid groups (broad SMARTS) is 2. The van der Waals surface area contributed by atoms with E-state index in [2.05, 4.69) is 70.6 Å². The summed E-state index contributed by atoms with van der Waals surface area (Å²) in [6.07, 6.45) is 2.25. The zero-order valence-electron chi connectivity index (χ0n) is 35.6. The molecule has 0 aliphatic carbocycles. The average molecular weight is 949 g/mol. The van der Waals surface area contributed by atoms with Crippen molar-refractivity contribution in [3.05, 3.63) is 104 Å². The van der Waals surface area contributed by atoms with E-state index in [1.165, 1.54) is 50.9 Å². The normalized spacial score (nSPS) is 11.4. The van der Waals surface area contributed by atoms with Crippen LogP contribution in [0.25, 0.3) is 22.3 Å². The molecular weight excluding hydrogens is 909 g/mol. The van der Waals surface area contributed by atoms with Crippen LogP contribution in [-0.2, 0) is 41.7 Å². The number of amides is 2. The van der Waals surface area contributed by atoms with Gasteiger partial charge in [-0.2, -0.15) is 9.97 Å². The molecule has 26 nitrogen and oxygen atoms in total. The zero-order valence-corrected chi connectivity index (χ0v) is 37.8. The summed E-state index contributed by atoms with van der Waals surface area (Å²) in [6, 6.07) is 9.75. The summed E-state index contributed by atoms with van der Waals surface area (Å²) in [7, 11) is 2.37. The SMILES string of the molecule is COC(=O)CCC(NC(=O)c1ccc(NCc2cnc3nc(N)[nH]c(=O)c3n2)cc1)C(=O)[O-].COC(=O)CCC(NC(=O)c1ccc(NCc2cnc3nc(N)[nH]c(=O)c3n2)cc1)C(=O)[O-].[Ca+2]. The van der Waals surface area contributed by atoms with Crippen molar-refractivity contribution in [3.8, 4) is 0 Å². The third kappa shape index (κ3) is 15.1. The molecule has 10 N–H and O–H groups in total. The topological polar surface area (TPSA) is 410 Å². The molecule has 4 aromatic heterocycles. The van der Waals surface area contributed by atoms with Crippen molar-refractivity contribution in [1.29, 1.82) is 0 Å². The second-order valence-corrected chi connectivity index (χ2v) is 13.8. The van der Waals surface area contributed by atoms with E-state index in [1.54, 1.807) is 24.3 Å². The van der Waals surface area contributed by atoms with Crippen LogP contribution in [0.15, 0.2) is 70.5 Å². The first kappa shape index (κ1) is 51.8. The van der Waals surface area contributed by atoms with Gasteiger partial charge in [0.05, 0.1) is 75.1 Å². The Hall–Kier alpha value is -7.84. The summed E-state index contributed by atoms with van der Waals surface area (Å²) in [5, 5.41) is 33.2. The number of methoxy groups -OCH3 is 2. The number of carbonyl (C=O) groups excluding carboxylic acids is 6. The summed E-state index contributed by atoms with van der Waals surface area (Å²) in [4.78, 5) is 123. The van der Waals surface area contributed by atoms with Crippen LogP contribution in [0.4, 0.5) is 23.3 Å². The van der Waals surface area contributed by atoms with Crippen molar-refractivity contribution in [1.82, 2.24) is 50.5 Å². The molecule has 0 spiro atoms. The van der Waals surface area contributed by atoms with Gasteiger partial charge in [-0.25, -0.2) is 19.9 Å². The first-order valence-electron chi connectivity index (χ1n) is 19.4. The number of hydrogen-bond acceptors (Lipinski definition) is 22. The predicted molar refractivity (Wildman–Crippen MR) is 233 cm³/mol. The molecule has 2 unspecified atom stereocenters. The number of H-pyrrole nitrogens is 2. The molecule has 6 rings (SSSR count). The number of nitrogens with zero attached hydrogens (tertiary/aromatic N) is 6. The second-order valence-electron chi connectivity index (χ2n) is 13.8. The van der Waals surface area contributed by atoms with Crippen molar-refractivity contribution in [3.63, 3.8) is 0 Å². The van der Waals surface area contributed by atoms with Gasteiger partial charge in [0.2, 0.25) is 11.9 Å². The number of aliphatic carboxylic acids is 2. The number of aromatic nitrogens is 8. The number of anilines is 4. The summed E-state index contributed by atoms with van der Waals surface area (Å²) >= 11 is 0. The van der Waals surface area contributed by atoms with Crippen molar-refractivity contribution in [2.24, 2.45) is 0 Å². The van der Waals surface area contributed by atoms with Crippen molar-refractivity contribution < 1.29 is 48.5 Å². The Bertz CT molecular complexity index is 2690. The summed E-state index contributed by atoms with van der Waals surface area (Å²) in [5.41, 5.74) is 13.0. The van der Waals surface area contributed by atoms with Gasteiger partial charge in [0.15, 0.2) is 22.3 Å². The molecule has 4 heterocycles. The van der Waals surface area contributed by atoms with Gasteiger partial charge >= 0.3 is 49.7 Å². The van der Waals surface area contributed by atoms with Crippen LogP contribution < -0.4 is 54.1 Å². The zero-order chi connectivity index (χ0) is 47.9. The fourth-order valence-electron chi connectivity index (χ4n) is 5.69. The van der Waals surface area contributed by atoms with Crippen molar-refractivity contribution >= 4 is 119 Å². The van der Waals surface area contributed by atoms with Gasteiger partial charge < -0.3 is 62.0 Å². The Morgan fingerprint density at radius 1 is 0.612 bits per heavy atom. The van der Waals surface area contributed by atoms with E-state index in [-0.39, 0.29) is 122 Å². The Labute approximate surface area is 407 Å². The standard InChI is InChI=1S/2C20H21N7O6.Ca/c2*1-33-14(28)7-6-13(19(31)32)25-17(29)10-2-4-11(5-3-10)22-8-12-9-23-16-15(24-12)18(30)27-20(21)26-16;/h2*2-5,9,13,22H,6-8H2,1H3,(H,25,29)(H,31,32)(H3,21,23,26,27,30);/q;;+2/p-2. The number of nitrogens with two attached hydrogens (primary N) is 2. The molecule has 0 saturated carbocycles. The monoisotopic (exact) mass is 948 g/mol. The van der Waals surface area contributed by atoms with Crippen LogP contribution in [0.2, 0.25) is 0 Å². The minimum absolute atomic E-state index is 0. The maximum Gasteiger partial charge on any atom is 2.00 e. The number of rotatable bonds is 18. The van der Waals surface area contributed by atoms with Gasteiger partial charge in [-0.15, -0.1) is 0 Å². The third-order valence-electron chi connectivity index (χ3n) is 9.12. The van der Waals surface area contributed by atoms with Crippen LogP contribution in [-0.4, -0.2) is 140 Å². The van der Waals surface area contributed by atoms with Crippen LogP contribution in [0.1, 0.15) is 57.8 Å². The predicted octanol–water partition coefficient (Wildman–Crippen LogP) is -2.96. The van der Waals surface area contributed by atoms with Gasteiger partial charge in [0, 0.05) is 35.3 Å². The quantitative estimate of drug-likeness (QED) is 0.0315. The third-order valence-corrected chi connectivity index (χ3v) is 9.12. The molecule has 0 radical (unpaired) electrons. The number of carboxylic acids is 2. The molecular formula is C40H40CaN14O12. The number of fused-ring (bicyclic) bond motifs is 2. The molecule has 0 saturated heterocycles. The Morgan fingerprint density at radius 2 is 0.970 bits per heavy atom. The fourth-order valence-corrected chi connectivity index (χ4v) is 5.69. The van der Waals surface area contributed by atoms with E-state index < -0.39 is 58.9 Å². The molecule has 0 aliphatic heterocycles. The molecule has 0 aliphatic rings. The van der Waals surface area contributed by atoms with Gasteiger partial charge in [-0.1, -0.05) is 0 Å². The number of nitrogens with one attached hydrogen (secondary N) is 6. The van der Waals surface area contributed by atoms with Crippen molar-refractivity contribution in [2.75, 3.05) is 36.3 Å². The maximum absolute atomic E-state index is 12.3. The summed E-state index contributed by atoms with van der Waals surface area (Å²) in [5.74, 6) is -5.55. The molecule has 6 aromatic rings. The van der Waals surface area contributed by atoms with Crippen LogP contribution >= 0.6 is 0 Å². The molecule has 2 atom stereocenters. The summed E-state index contributed by atoms with van der Waals surface area (Å²) < 4.78 is 8.93. The van der Waals surface area contributed by atoms with Gasteiger partial charge in [0.1, 0.15) is 0 Å². The number of esters is 2. The van der Waals surface area contributed by atoms with E-state index in [0.29, 0.717) is 22.8 Å². The fraction of sp³-hybridized carbons (Fsp3) is 0.250. The summed E-state index contributed by atoms with van der Waals surface area (Å²) in [6.45, 7) is 0.469. The number of aromatic amines is 2. The smallest absolute Gasteiger partial charge is 0.548 e. The van der Waals surface area contributed by atoms with E-state index in [1.807, 2.05) is 0 Å². The minimum Gasteiger partial charge on any atom is -0.548 e. The van der Waals surface area contributed by atoms with E-state index in [9.17, 15) is 48.6 Å². The van der Waals surface area contributed by atoms with Gasteiger partial charge in [0.25, 0.3) is 22.9 Å². The van der Waals surface area contributed by atoms with E-state index in [0.717, 1.165) is 0 Å². The maximum atomic E-state index is 12.3. The molecule has 27 heteroatoms. The first-order chi connectivity index (χ1) is 31.5. The number of carbonyl (C=O) groups is 6. The first-order valence-corrected chi connectivity index (χ1v) is 19.4. The van der Waals surface area contributed by atoms with Crippen LogP contribution in [0.5, 0.6) is 0 Å². The van der Waals surface area contributed by atoms with Crippen LogP contribution in [0.3, 0.4) is 0 Å². The molecule has 2 amide bonds. The Balaban J connectivity index is 0.000000288. The number of benzene rings is 2. The largest absolute Gasteiger partial charge is 2.00 e. The average Bonchev–Trinajstić information content (AvgIpc) is 3.30.